The van der Waals surface area contributed by atoms with Crippen molar-refractivity contribution in [2.75, 3.05) is 0 Å². The molecule has 104 valence electrons. The first kappa shape index (κ1) is 13.7. The number of aromatic nitrogens is 2. The quantitative estimate of drug-likeness (QED) is 0.851. The highest BCUT2D eigenvalue weighted by atomic mass is 35.5. The molecule has 0 N–H and O–H groups in total. The Morgan fingerprint density at radius 2 is 1.85 bits per heavy atom. The van der Waals surface area contributed by atoms with Crippen LogP contribution in [0.2, 0.25) is 10.0 Å². The van der Waals surface area contributed by atoms with Crippen LogP contribution in [0.4, 0.5) is 0 Å². The standard InChI is InChI=1S/C15H14Cl2N2O/c16-12-5-3-6-13(17)11(12)9-19-15(20)8-10-4-1-2-7-14(10)18-19/h3,5-6,8H,1-2,4,7,9H2. The molecule has 1 aromatic heterocycles. The highest BCUT2D eigenvalue weighted by Crippen LogP contribution is 2.25. The van der Waals surface area contributed by atoms with Crippen molar-refractivity contribution in [3.8, 4) is 0 Å². The molecule has 1 heterocycles. The number of hydrogen-bond acceptors (Lipinski definition) is 2. The zero-order valence-electron chi connectivity index (χ0n) is 10.9. The van der Waals surface area contributed by atoms with Gasteiger partial charge in [-0.2, -0.15) is 5.10 Å². The molecule has 0 aliphatic heterocycles. The van der Waals surface area contributed by atoms with Crippen LogP contribution >= 0.6 is 23.2 Å². The Kier molecular flexibility index (Phi) is 3.81. The number of aryl methyl sites for hydroxylation is 2. The van der Waals surface area contributed by atoms with Gasteiger partial charge in [0.2, 0.25) is 0 Å². The molecule has 0 atom stereocenters. The predicted octanol–water partition coefficient (Wildman–Crippen LogP) is 3.48. The molecule has 5 heteroatoms. The third kappa shape index (κ3) is 2.60. The first-order valence-electron chi connectivity index (χ1n) is 6.68. The summed E-state index contributed by atoms with van der Waals surface area (Å²) in [5, 5.41) is 5.60. The second-order valence-corrected chi connectivity index (χ2v) is 5.83. The maximum absolute atomic E-state index is 12.1. The highest BCUT2D eigenvalue weighted by Gasteiger charge is 2.14. The van der Waals surface area contributed by atoms with Crippen LogP contribution in [0.1, 0.15) is 29.7 Å². The van der Waals surface area contributed by atoms with Crippen LogP contribution in [0, 0.1) is 0 Å². The van der Waals surface area contributed by atoms with E-state index in [1.165, 1.54) is 4.68 Å². The van der Waals surface area contributed by atoms with Gasteiger partial charge >= 0.3 is 0 Å². The van der Waals surface area contributed by atoms with Crippen molar-refractivity contribution in [1.29, 1.82) is 0 Å². The fourth-order valence-electron chi connectivity index (χ4n) is 2.55. The first-order valence-corrected chi connectivity index (χ1v) is 7.43. The Morgan fingerprint density at radius 3 is 2.60 bits per heavy atom. The molecule has 0 fully saturated rings. The van der Waals surface area contributed by atoms with Crippen molar-refractivity contribution in [2.45, 2.75) is 32.2 Å². The Labute approximate surface area is 127 Å². The molecule has 0 radical (unpaired) electrons. The predicted molar refractivity (Wildman–Crippen MR) is 80.7 cm³/mol. The summed E-state index contributed by atoms with van der Waals surface area (Å²) in [7, 11) is 0. The lowest BCUT2D eigenvalue weighted by Gasteiger charge is -2.16. The molecule has 3 rings (SSSR count). The minimum Gasteiger partial charge on any atom is -0.268 e. The van der Waals surface area contributed by atoms with E-state index < -0.39 is 0 Å². The van der Waals surface area contributed by atoms with Gasteiger partial charge in [-0.1, -0.05) is 29.3 Å². The summed E-state index contributed by atoms with van der Waals surface area (Å²) < 4.78 is 1.46. The van der Waals surface area contributed by atoms with E-state index in [9.17, 15) is 4.79 Å². The number of fused-ring (bicyclic) bond motifs is 1. The molecule has 0 saturated carbocycles. The summed E-state index contributed by atoms with van der Waals surface area (Å²) >= 11 is 12.3. The molecule has 1 aliphatic carbocycles. The Morgan fingerprint density at radius 1 is 1.15 bits per heavy atom. The summed E-state index contributed by atoms with van der Waals surface area (Å²) in [5.74, 6) is 0. The summed E-state index contributed by atoms with van der Waals surface area (Å²) in [5.41, 5.74) is 2.75. The molecule has 2 aromatic rings. The van der Waals surface area contributed by atoms with Crippen LogP contribution in [-0.2, 0) is 19.4 Å². The molecule has 0 spiro atoms. The van der Waals surface area contributed by atoms with Crippen LogP contribution in [0.15, 0.2) is 29.1 Å². The zero-order valence-corrected chi connectivity index (χ0v) is 12.4. The second kappa shape index (κ2) is 5.58. The number of nitrogens with zero attached hydrogens (tertiary/aromatic N) is 2. The third-order valence-electron chi connectivity index (χ3n) is 3.64. The Balaban J connectivity index is 2.01. The summed E-state index contributed by atoms with van der Waals surface area (Å²) in [6, 6.07) is 7.03. The molecule has 1 aromatic carbocycles. The van der Waals surface area contributed by atoms with E-state index in [0.717, 1.165) is 42.5 Å². The van der Waals surface area contributed by atoms with Gasteiger partial charge in [-0.3, -0.25) is 4.79 Å². The van der Waals surface area contributed by atoms with Gasteiger partial charge in [-0.25, -0.2) is 4.68 Å². The summed E-state index contributed by atoms with van der Waals surface area (Å²) in [6.07, 6.45) is 4.15. The lowest BCUT2D eigenvalue weighted by Crippen LogP contribution is -2.26. The van der Waals surface area contributed by atoms with E-state index >= 15 is 0 Å². The molecule has 0 unspecified atom stereocenters. The van der Waals surface area contributed by atoms with Gasteiger partial charge in [0.15, 0.2) is 0 Å². The molecule has 20 heavy (non-hydrogen) atoms. The monoisotopic (exact) mass is 308 g/mol. The largest absolute Gasteiger partial charge is 0.268 e. The SMILES string of the molecule is O=c1cc2c(nn1Cc1c(Cl)cccc1Cl)CCCC2. The van der Waals surface area contributed by atoms with Crippen molar-refractivity contribution in [2.24, 2.45) is 0 Å². The van der Waals surface area contributed by atoms with Crippen LogP contribution in [-0.4, -0.2) is 9.78 Å². The lowest BCUT2D eigenvalue weighted by atomic mass is 9.97. The Hall–Kier alpha value is -1.32. The molecule has 0 bridgehead atoms. The maximum Gasteiger partial charge on any atom is 0.267 e. The van der Waals surface area contributed by atoms with E-state index in [2.05, 4.69) is 5.10 Å². The van der Waals surface area contributed by atoms with Crippen LogP contribution in [0.5, 0.6) is 0 Å². The van der Waals surface area contributed by atoms with E-state index in [1.54, 1.807) is 24.3 Å². The minimum atomic E-state index is -0.0957. The topological polar surface area (TPSA) is 34.9 Å². The van der Waals surface area contributed by atoms with Gasteiger partial charge in [-0.05, 0) is 43.4 Å². The molecule has 0 amide bonds. The zero-order chi connectivity index (χ0) is 14.1. The van der Waals surface area contributed by atoms with Gasteiger partial charge in [0.1, 0.15) is 0 Å². The molecular formula is C15H14Cl2N2O. The van der Waals surface area contributed by atoms with E-state index in [4.69, 9.17) is 23.2 Å². The number of benzene rings is 1. The number of hydrogen-bond donors (Lipinski definition) is 0. The minimum absolute atomic E-state index is 0.0957. The fourth-order valence-corrected chi connectivity index (χ4v) is 3.06. The molecule has 1 aliphatic rings. The molecule has 3 nitrogen and oxygen atoms in total. The van der Waals surface area contributed by atoms with Crippen LogP contribution in [0.25, 0.3) is 0 Å². The van der Waals surface area contributed by atoms with E-state index in [-0.39, 0.29) is 5.56 Å². The third-order valence-corrected chi connectivity index (χ3v) is 4.35. The van der Waals surface area contributed by atoms with Crippen molar-refractivity contribution < 1.29 is 0 Å². The van der Waals surface area contributed by atoms with Crippen molar-refractivity contribution in [1.82, 2.24) is 9.78 Å². The highest BCUT2D eigenvalue weighted by molar-refractivity contribution is 6.35. The number of rotatable bonds is 2. The van der Waals surface area contributed by atoms with Crippen molar-refractivity contribution >= 4 is 23.2 Å². The van der Waals surface area contributed by atoms with Crippen molar-refractivity contribution in [3.05, 3.63) is 61.5 Å². The first-order chi connectivity index (χ1) is 9.65. The number of halogens is 2. The van der Waals surface area contributed by atoms with Gasteiger partial charge in [-0.15, -0.1) is 0 Å². The fraction of sp³-hybridized carbons (Fsp3) is 0.333. The van der Waals surface area contributed by atoms with Crippen molar-refractivity contribution in [3.63, 3.8) is 0 Å². The lowest BCUT2D eigenvalue weighted by molar-refractivity contribution is 0.574. The Bertz CT molecular complexity index is 689. The van der Waals surface area contributed by atoms with E-state index in [1.807, 2.05) is 0 Å². The van der Waals surface area contributed by atoms with Gasteiger partial charge < -0.3 is 0 Å². The molecular weight excluding hydrogens is 295 g/mol. The van der Waals surface area contributed by atoms with Gasteiger partial charge in [0.05, 0.1) is 12.2 Å². The second-order valence-electron chi connectivity index (χ2n) is 5.02. The molecule has 0 saturated heterocycles. The summed E-state index contributed by atoms with van der Waals surface area (Å²) in [6.45, 7) is 0.310. The van der Waals surface area contributed by atoms with Gasteiger partial charge in [0.25, 0.3) is 5.56 Å². The normalized spacial score (nSPS) is 14.1. The average Bonchev–Trinajstić information content (AvgIpc) is 2.43. The summed E-state index contributed by atoms with van der Waals surface area (Å²) in [4.78, 5) is 12.1. The average molecular weight is 309 g/mol. The van der Waals surface area contributed by atoms with E-state index in [0.29, 0.717) is 16.6 Å². The smallest absolute Gasteiger partial charge is 0.267 e. The van der Waals surface area contributed by atoms with Gasteiger partial charge in [0, 0.05) is 21.7 Å². The van der Waals surface area contributed by atoms with Crippen LogP contribution in [0.3, 0.4) is 0 Å². The maximum atomic E-state index is 12.1. The van der Waals surface area contributed by atoms with Crippen LogP contribution < -0.4 is 5.56 Å².